The summed E-state index contributed by atoms with van der Waals surface area (Å²) in [6.45, 7) is 2.74. The molecule has 0 radical (unpaired) electrons. The Kier molecular flexibility index (Phi) is 4.52. The second kappa shape index (κ2) is 6.14. The molecule has 1 aliphatic rings. The maximum atomic E-state index is 11.5. The maximum Gasteiger partial charge on any atom is 0.378 e. The minimum atomic E-state index is -0.476. The standard InChI is InChI=1S/C13H22N4O2/c1-2-19-12(18)11-15-10(16-17-11)8-13(9-14)6-4-3-5-7-13/h2-9,14H2,1H3,(H,15,16,17). The number of ether oxygens (including phenoxy) is 1. The lowest BCUT2D eigenvalue weighted by molar-refractivity contribution is 0.0512. The van der Waals surface area contributed by atoms with Crippen LogP contribution in [0.5, 0.6) is 0 Å². The summed E-state index contributed by atoms with van der Waals surface area (Å²) in [5.41, 5.74) is 6.06. The van der Waals surface area contributed by atoms with Crippen LogP contribution in [0.1, 0.15) is 55.5 Å². The van der Waals surface area contributed by atoms with Gasteiger partial charge in [0.05, 0.1) is 6.61 Å². The molecule has 0 atom stereocenters. The number of hydrogen-bond acceptors (Lipinski definition) is 5. The highest BCUT2D eigenvalue weighted by Crippen LogP contribution is 2.37. The summed E-state index contributed by atoms with van der Waals surface area (Å²) in [4.78, 5) is 15.7. The molecule has 1 aromatic rings. The normalized spacial score (nSPS) is 18.2. The lowest BCUT2D eigenvalue weighted by Crippen LogP contribution is -2.35. The third kappa shape index (κ3) is 3.32. The third-order valence-corrected chi connectivity index (χ3v) is 3.88. The van der Waals surface area contributed by atoms with Crippen LogP contribution in [0, 0.1) is 5.41 Å². The summed E-state index contributed by atoms with van der Waals surface area (Å²) in [5.74, 6) is 0.366. The predicted octanol–water partition coefficient (Wildman–Crippen LogP) is 1.43. The van der Waals surface area contributed by atoms with Crippen molar-refractivity contribution in [2.24, 2.45) is 11.1 Å². The number of nitrogens with two attached hydrogens (primary N) is 1. The number of rotatable bonds is 5. The van der Waals surface area contributed by atoms with Gasteiger partial charge in [-0.15, -0.1) is 5.10 Å². The summed E-state index contributed by atoms with van der Waals surface area (Å²) >= 11 is 0. The van der Waals surface area contributed by atoms with Crippen molar-refractivity contribution in [2.45, 2.75) is 45.4 Å². The van der Waals surface area contributed by atoms with Gasteiger partial charge in [0, 0.05) is 6.42 Å². The highest BCUT2D eigenvalue weighted by molar-refractivity contribution is 5.84. The Morgan fingerprint density at radius 1 is 1.42 bits per heavy atom. The van der Waals surface area contributed by atoms with Gasteiger partial charge in [-0.05, 0) is 31.7 Å². The van der Waals surface area contributed by atoms with Crippen LogP contribution in [-0.4, -0.2) is 34.3 Å². The second-order valence-corrected chi connectivity index (χ2v) is 5.27. The van der Waals surface area contributed by atoms with E-state index in [0.717, 1.165) is 25.1 Å². The fourth-order valence-corrected chi connectivity index (χ4v) is 2.77. The minimum absolute atomic E-state index is 0.111. The van der Waals surface area contributed by atoms with Crippen LogP contribution in [0.15, 0.2) is 0 Å². The Morgan fingerprint density at radius 3 is 2.79 bits per heavy atom. The molecule has 1 aromatic heterocycles. The molecule has 0 unspecified atom stereocenters. The Labute approximate surface area is 113 Å². The van der Waals surface area contributed by atoms with Gasteiger partial charge >= 0.3 is 5.97 Å². The lowest BCUT2D eigenvalue weighted by atomic mass is 9.72. The predicted molar refractivity (Wildman–Crippen MR) is 70.6 cm³/mol. The molecule has 1 aliphatic carbocycles. The van der Waals surface area contributed by atoms with Crippen LogP contribution in [0.25, 0.3) is 0 Å². The first-order chi connectivity index (χ1) is 9.19. The van der Waals surface area contributed by atoms with E-state index in [2.05, 4.69) is 15.2 Å². The number of esters is 1. The van der Waals surface area contributed by atoms with Crippen molar-refractivity contribution >= 4 is 5.97 Å². The van der Waals surface area contributed by atoms with Crippen molar-refractivity contribution in [3.63, 3.8) is 0 Å². The van der Waals surface area contributed by atoms with Crippen molar-refractivity contribution in [2.75, 3.05) is 13.2 Å². The van der Waals surface area contributed by atoms with Crippen LogP contribution >= 0.6 is 0 Å². The van der Waals surface area contributed by atoms with E-state index in [0.29, 0.717) is 13.2 Å². The number of hydrogen-bond donors (Lipinski definition) is 2. The van der Waals surface area contributed by atoms with Crippen LogP contribution in [0.4, 0.5) is 0 Å². The first kappa shape index (κ1) is 14.0. The Balaban J connectivity index is 2.04. The minimum Gasteiger partial charge on any atom is -0.460 e. The first-order valence-electron chi connectivity index (χ1n) is 6.97. The molecule has 6 heteroatoms. The quantitative estimate of drug-likeness (QED) is 0.786. The molecule has 0 bridgehead atoms. The van der Waals surface area contributed by atoms with Gasteiger partial charge in [0.15, 0.2) is 0 Å². The molecule has 1 saturated carbocycles. The molecular formula is C13H22N4O2. The molecule has 0 aliphatic heterocycles. The Morgan fingerprint density at radius 2 is 2.16 bits per heavy atom. The monoisotopic (exact) mass is 266 g/mol. The van der Waals surface area contributed by atoms with E-state index in [1.807, 2.05) is 0 Å². The van der Waals surface area contributed by atoms with Gasteiger partial charge in [0.1, 0.15) is 5.82 Å². The van der Waals surface area contributed by atoms with Crippen molar-refractivity contribution < 1.29 is 9.53 Å². The van der Waals surface area contributed by atoms with E-state index in [9.17, 15) is 4.79 Å². The third-order valence-electron chi connectivity index (χ3n) is 3.88. The molecule has 2 rings (SSSR count). The highest BCUT2D eigenvalue weighted by atomic mass is 16.5. The van der Waals surface area contributed by atoms with Crippen molar-refractivity contribution in [1.82, 2.24) is 15.2 Å². The molecule has 6 nitrogen and oxygen atoms in total. The molecule has 1 fully saturated rings. The number of carbonyl (C=O) groups is 1. The smallest absolute Gasteiger partial charge is 0.378 e. The van der Waals surface area contributed by atoms with Crippen LogP contribution in [0.3, 0.4) is 0 Å². The molecule has 3 N–H and O–H groups in total. The van der Waals surface area contributed by atoms with E-state index >= 15 is 0 Å². The van der Waals surface area contributed by atoms with E-state index in [1.54, 1.807) is 6.92 Å². The number of carbonyl (C=O) groups excluding carboxylic acids is 1. The van der Waals surface area contributed by atoms with Gasteiger partial charge in [-0.3, -0.25) is 5.10 Å². The van der Waals surface area contributed by atoms with E-state index < -0.39 is 5.97 Å². The lowest BCUT2D eigenvalue weighted by Gasteiger charge is -2.35. The maximum absolute atomic E-state index is 11.5. The van der Waals surface area contributed by atoms with Crippen molar-refractivity contribution in [3.8, 4) is 0 Å². The topological polar surface area (TPSA) is 93.9 Å². The number of aromatic amines is 1. The van der Waals surface area contributed by atoms with Crippen LogP contribution in [0.2, 0.25) is 0 Å². The fraction of sp³-hybridized carbons (Fsp3) is 0.769. The molecule has 19 heavy (non-hydrogen) atoms. The van der Waals surface area contributed by atoms with Crippen molar-refractivity contribution in [3.05, 3.63) is 11.6 Å². The molecule has 1 heterocycles. The van der Waals surface area contributed by atoms with Crippen LogP contribution < -0.4 is 5.73 Å². The molecule has 0 saturated heterocycles. The average molecular weight is 266 g/mol. The summed E-state index contributed by atoms with van der Waals surface area (Å²) in [5, 5.41) is 6.75. The van der Waals surface area contributed by atoms with E-state index in [1.165, 1.54) is 19.3 Å². The van der Waals surface area contributed by atoms with Crippen LogP contribution in [-0.2, 0) is 11.2 Å². The molecule has 0 aromatic carbocycles. The Bertz CT molecular complexity index is 424. The summed E-state index contributed by atoms with van der Waals surface area (Å²) in [6.07, 6.45) is 6.73. The number of nitrogens with zero attached hydrogens (tertiary/aromatic N) is 2. The molecular weight excluding hydrogens is 244 g/mol. The van der Waals surface area contributed by atoms with E-state index in [4.69, 9.17) is 10.5 Å². The largest absolute Gasteiger partial charge is 0.460 e. The zero-order valence-corrected chi connectivity index (χ0v) is 11.4. The van der Waals surface area contributed by atoms with Gasteiger partial charge in [0.2, 0.25) is 0 Å². The van der Waals surface area contributed by atoms with Crippen molar-refractivity contribution in [1.29, 1.82) is 0 Å². The van der Waals surface area contributed by atoms with Gasteiger partial charge < -0.3 is 10.5 Å². The molecule has 106 valence electrons. The number of aromatic nitrogens is 3. The van der Waals surface area contributed by atoms with Gasteiger partial charge in [-0.1, -0.05) is 19.3 Å². The SMILES string of the molecule is CCOC(=O)c1n[nH]c(CC2(CN)CCCCC2)n1. The fourth-order valence-electron chi connectivity index (χ4n) is 2.77. The highest BCUT2D eigenvalue weighted by Gasteiger charge is 2.32. The number of nitrogens with one attached hydrogen (secondary N) is 1. The second-order valence-electron chi connectivity index (χ2n) is 5.27. The Hall–Kier alpha value is -1.43. The van der Waals surface area contributed by atoms with Gasteiger partial charge in [-0.2, -0.15) is 0 Å². The zero-order valence-electron chi connectivity index (χ0n) is 11.4. The molecule has 0 amide bonds. The molecule has 0 spiro atoms. The summed E-state index contributed by atoms with van der Waals surface area (Å²) in [7, 11) is 0. The number of H-pyrrole nitrogens is 1. The zero-order chi connectivity index (χ0) is 13.7. The first-order valence-corrected chi connectivity index (χ1v) is 6.97. The summed E-state index contributed by atoms with van der Waals surface area (Å²) < 4.78 is 4.87. The summed E-state index contributed by atoms with van der Waals surface area (Å²) in [6, 6.07) is 0. The average Bonchev–Trinajstić information content (AvgIpc) is 2.88. The van der Waals surface area contributed by atoms with Gasteiger partial charge in [0.25, 0.3) is 5.82 Å². The van der Waals surface area contributed by atoms with Gasteiger partial charge in [-0.25, -0.2) is 9.78 Å². The van der Waals surface area contributed by atoms with E-state index in [-0.39, 0.29) is 11.2 Å².